The van der Waals surface area contributed by atoms with E-state index in [1.807, 2.05) is 0 Å². The number of carbonyl (C=O) groups excluding carboxylic acids is 1. The molecule has 0 saturated heterocycles. The third kappa shape index (κ3) is 3.51. The topological polar surface area (TPSA) is 59.6 Å². The molecule has 2 amide bonds. The Morgan fingerprint density at radius 1 is 1.08 bits per heavy atom. The van der Waals surface area contributed by atoms with E-state index in [1.54, 1.807) is 5.32 Å². The van der Waals surface area contributed by atoms with Crippen molar-refractivity contribution in [3.63, 3.8) is 0 Å². The van der Waals surface area contributed by atoms with E-state index in [0.29, 0.717) is 0 Å². The summed E-state index contributed by atoms with van der Waals surface area (Å²) < 4.78 is 99.9. The molecule has 2 rings (SSSR count). The van der Waals surface area contributed by atoms with Crippen LogP contribution in [0, 0.1) is 0 Å². The lowest BCUT2D eigenvalue weighted by Crippen LogP contribution is -2.66. The van der Waals surface area contributed by atoms with Crippen molar-refractivity contribution in [2.75, 3.05) is 5.32 Å². The Morgan fingerprint density at radius 3 is 2.20 bits per heavy atom. The number of anilines is 1. The van der Waals surface area contributed by atoms with Gasteiger partial charge in [0.25, 0.3) is 5.92 Å². The van der Waals surface area contributed by atoms with Gasteiger partial charge in [0.1, 0.15) is 0 Å². The molecule has 0 bridgehead atoms. The zero-order valence-corrected chi connectivity index (χ0v) is 12.6. The minimum Gasteiger partial charge on any atom is -0.395 e. The molecule has 1 aromatic carbocycles. The van der Waals surface area contributed by atoms with E-state index in [9.17, 15) is 35.5 Å². The van der Waals surface area contributed by atoms with Gasteiger partial charge in [-0.15, -0.1) is 8.78 Å². The Kier molecular flexibility index (Phi) is 4.21. The first-order chi connectivity index (χ1) is 11.2. The zero-order valence-electron chi connectivity index (χ0n) is 12.6. The predicted octanol–water partition coefficient (Wildman–Crippen LogP) is 4.11. The van der Waals surface area contributed by atoms with Gasteiger partial charge in [-0.1, -0.05) is 6.07 Å². The fourth-order valence-electron chi connectivity index (χ4n) is 1.88. The summed E-state index contributed by atoms with van der Waals surface area (Å²) in [5, 5.41) is 2.88. The van der Waals surface area contributed by atoms with E-state index < -0.39 is 47.1 Å². The molecule has 1 aliphatic heterocycles. The number of para-hydroxylation sites is 1. The first-order valence-electron chi connectivity index (χ1n) is 6.59. The average Bonchev–Trinajstić information content (AvgIpc) is 2.71. The standard InChI is InChI=1S/C13H11F7N2O3/c1-10(11(2,14)15,12(16,17)18)22-9(23)21-6-4-3-5-7-8(6)25-13(19,20)24-7/h3-5H,1-2H3,(H2,21,22,23). The van der Waals surface area contributed by atoms with Gasteiger partial charge in [0.15, 0.2) is 17.0 Å². The van der Waals surface area contributed by atoms with Crippen LogP contribution in [-0.2, 0) is 0 Å². The molecule has 1 aliphatic rings. The Balaban J connectivity index is 2.23. The van der Waals surface area contributed by atoms with Crippen molar-refractivity contribution in [2.24, 2.45) is 0 Å². The maximum atomic E-state index is 13.4. The van der Waals surface area contributed by atoms with Gasteiger partial charge in [-0.05, 0) is 19.1 Å². The molecule has 0 saturated carbocycles. The minimum atomic E-state index is -5.49. The predicted molar refractivity (Wildman–Crippen MR) is 69.9 cm³/mol. The highest BCUT2D eigenvalue weighted by atomic mass is 19.4. The van der Waals surface area contributed by atoms with Crippen LogP contribution in [0.1, 0.15) is 13.8 Å². The summed E-state index contributed by atoms with van der Waals surface area (Å²) in [5.74, 6) is -5.50. The third-order valence-electron chi connectivity index (χ3n) is 3.49. The van der Waals surface area contributed by atoms with Gasteiger partial charge >= 0.3 is 18.5 Å². The molecule has 0 fully saturated rings. The van der Waals surface area contributed by atoms with Crippen LogP contribution in [0.4, 0.5) is 41.2 Å². The van der Waals surface area contributed by atoms with Crippen LogP contribution in [0.3, 0.4) is 0 Å². The van der Waals surface area contributed by atoms with Gasteiger partial charge in [-0.25, -0.2) is 13.6 Å². The number of carbonyl (C=O) groups is 1. The number of nitrogens with one attached hydrogen (secondary N) is 2. The second-order valence-corrected chi connectivity index (χ2v) is 5.39. The van der Waals surface area contributed by atoms with Gasteiger partial charge in [-0.2, -0.15) is 13.2 Å². The second kappa shape index (κ2) is 5.56. The van der Waals surface area contributed by atoms with Crippen molar-refractivity contribution in [3.8, 4) is 11.5 Å². The van der Waals surface area contributed by atoms with Gasteiger partial charge in [0.2, 0.25) is 0 Å². The fraction of sp³-hybridized carbons (Fsp3) is 0.462. The number of alkyl halides is 7. The highest BCUT2D eigenvalue weighted by Gasteiger charge is 2.65. The Bertz CT molecular complexity index is 671. The van der Waals surface area contributed by atoms with Crippen LogP contribution >= 0.6 is 0 Å². The van der Waals surface area contributed by atoms with Crippen LogP contribution in [-0.4, -0.2) is 30.0 Å². The first-order valence-corrected chi connectivity index (χ1v) is 6.59. The Morgan fingerprint density at radius 2 is 1.68 bits per heavy atom. The number of halogens is 7. The molecular weight excluding hydrogens is 365 g/mol. The number of hydrogen-bond acceptors (Lipinski definition) is 3. The quantitative estimate of drug-likeness (QED) is 0.781. The van der Waals surface area contributed by atoms with Gasteiger partial charge in [0, 0.05) is 6.92 Å². The summed E-state index contributed by atoms with van der Waals surface area (Å²) in [6.07, 6.45) is -9.53. The molecule has 140 valence electrons. The van der Waals surface area contributed by atoms with Crippen LogP contribution in [0.25, 0.3) is 0 Å². The maximum absolute atomic E-state index is 13.4. The Labute approximate surface area is 136 Å². The lowest BCUT2D eigenvalue weighted by atomic mass is 9.94. The van der Waals surface area contributed by atoms with Crippen molar-refractivity contribution in [1.82, 2.24) is 5.32 Å². The molecule has 1 heterocycles. The highest BCUT2D eigenvalue weighted by Crippen LogP contribution is 2.46. The second-order valence-electron chi connectivity index (χ2n) is 5.39. The zero-order chi connectivity index (χ0) is 19.3. The molecule has 12 heteroatoms. The number of ether oxygens (including phenoxy) is 2. The van der Waals surface area contributed by atoms with Crippen LogP contribution in [0.5, 0.6) is 11.5 Å². The number of fused-ring (bicyclic) bond motifs is 1. The fourth-order valence-corrected chi connectivity index (χ4v) is 1.88. The summed E-state index contributed by atoms with van der Waals surface area (Å²) in [5.41, 5.74) is -4.39. The van der Waals surface area contributed by atoms with Crippen molar-refractivity contribution >= 4 is 11.7 Å². The van der Waals surface area contributed by atoms with Crippen LogP contribution in [0.2, 0.25) is 0 Å². The summed E-state index contributed by atoms with van der Waals surface area (Å²) in [4.78, 5) is 11.7. The molecule has 1 unspecified atom stereocenters. The highest BCUT2D eigenvalue weighted by molar-refractivity contribution is 5.92. The van der Waals surface area contributed by atoms with E-state index >= 15 is 0 Å². The first kappa shape index (κ1) is 18.9. The summed E-state index contributed by atoms with van der Waals surface area (Å²) in [6, 6.07) is 1.50. The molecule has 2 N–H and O–H groups in total. The lowest BCUT2D eigenvalue weighted by Gasteiger charge is -2.37. The summed E-state index contributed by atoms with van der Waals surface area (Å²) >= 11 is 0. The molecule has 0 spiro atoms. The SMILES string of the molecule is CC(F)(F)C(C)(NC(=O)Nc1cccc2c1OC(F)(F)O2)C(F)(F)F. The number of amides is 2. The van der Waals surface area contributed by atoms with E-state index in [-0.39, 0.29) is 13.8 Å². The third-order valence-corrected chi connectivity index (χ3v) is 3.49. The van der Waals surface area contributed by atoms with Crippen LogP contribution in [0.15, 0.2) is 18.2 Å². The molecule has 0 aliphatic carbocycles. The molecule has 5 nitrogen and oxygen atoms in total. The number of hydrogen-bond donors (Lipinski definition) is 2. The smallest absolute Gasteiger partial charge is 0.395 e. The van der Waals surface area contributed by atoms with E-state index in [0.717, 1.165) is 23.5 Å². The maximum Gasteiger partial charge on any atom is 0.586 e. The van der Waals surface area contributed by atoms with Crippen LogP contribution < -0.4 is 20.1 Å². The van der Waals surface area contributed by atoms with Crippen molar-refractivity contribution in [2.45, 2.75) is 37.8 Å². The molecule has 0 radical (unpaired) electrons. The van der Waals surface area contributed by atoms with E-state index in [4.69, 9.17) is 0 Å². The summed E-state index contributed by atoms with van der Waals surface area (Å²) in [7, 11) is 0. The molecule has 1 aromatic rings. The minimum absolute atomic E-state index is 0.0154. The Hall–Kier alpha value is -2.40. The summed E-state index contributed by atoms with van der Waals surface area (Å²) in [6.45, 7) is 0.0776. The molecule has 0 aromatic heterocycles. The molecular formula is C13H11F7N2O3. The van der Waals surface area contributed by atoms with Crippen molar-refractivity contribution in [3.05, 3.63) is 18.2 Å². The van der Waals surface area contributed by atoms with Gasteiger partial charge < -0.3 is 20.1 Å². The normalized spacial score (nSPS) is 18.4. The van der Waals surface area contributed by atoms with Gasteiger partial charge in [0.05, 0.1) is 5.69 Å². The van der Waals surface area contributed by atoms with E-state index in [1.165, 1.54) is 0 Å². The number of urea groups is 1. The van der Waals surface area contributed by atoms with Gasteiger partial charge in [-0.3, -0.25) is 0 Å². The molecule has 1 atom stereocenters. The number of benzene rings is 1. The monoisotopic (exact) mass is 376 g/mol. The van der Waals surface area contributed by atoms with Crippen molar-refractivity contribution in [1.29, 1.82) is 0 Å². The largest absolute Gasteiger partial charge is 0.586 e. The lowest BCUT2D eigenvalue weighted by molar-refractivity contribution is -0.286. The molecule has 25 heavy (non-hydrogen) atoms. The van der Waals surface area contributed by atoms with E-state index in [2.05, 4.69) is 9.47 Å². The van der Waals surface area contributed by atoms with Crippen molar-refractivity contribution < 1.29 is 45.0 Å². The number of rotatable bonds is 3. The average molecular weight is 376 g/mol.